The minimum atomic E-state index is -3.72. The van der Waals surface area contributed by atoms with E-state index in [1.807, 2.05) is 6.92 Å². The first-order valence-corrected chi connectivity index (χ1v) is 8.22. The van der Waals surface area contributed by atoms with Crippen LogP contribution in [-0.4, -0.2) is 14.6 Å². The SMILES string of the molecule is Cc1ccc(S(=O)(=O)N/N=C/c2cc(F)cc(Br)c2)cc1. The summed E-state index contributed by atoms with van der Waals surface area (Å²) >= 11 is 3.15. The van der Waals surface area contributed by atoms with Crippen LogP contribution in [0.5, 0.6) is 0 Å². The summed E-state index contributed by atoms with van der Waals surface area (Å²) in [6.07, 6.45) is 1.24. The molecule has 2 rings (SSSR count). The second kappa shape index (κ2) is 6.36. The van der Waals surface area contributed by atoms with Crippen LogP contribution in [0.25, 0.3) is 0 Å². The minimum absolute atomic E-state index is 0.116. The summed E-state index contributed by atoms with van der Waals surface area (Å²) in [7, 11) is -3.72. The zero-order valence-electron chi connectivity index (χ0n) is 11.0. The van der Waals surface area contributed by atoms with E-state index in [1.165, 1.54) is 30.5 Å². The Balaban J connectivity index is 2.14. The average Bonchev–Trinajstić information content (AvgIpc) is 2.37. The van der Waals surface area contributed by atoms with Crippen molar-refractivity contribution in [3.05, 3.63) is 63.9 Å². The maximum Gasteiger partial charge on any atom is 0.276 e. The number of hydrogen-bond donors (Lipinski definition) is 1. The molecule has 2 aromatic carbocycles. The number of sulfonamides is 1. The normalized spacial score (nSPS) is 11.8. The van der Waals surface area contributed by atoms with E-state index in [0.29, 0.717) is 10.0 Å². The molecular formula is C14H12BrFN2O2S. The maximum absolute atomic E-state index is 13.2. The number of nitrogens with one attached hydrogen (secondary N) is 1. The average molecular weight is 371 g/mol. The zero-order valence-corrected chi connectivity index (χ0v) is 13.4. The maximum atomic E-state index is 13.2. The van der Waals surface area contributed by atoms with Crippen molar-refractivity contribution in [3.63, 3.8) is 0 Å². The lowest BCUT2D eigenvalue weighted by molar-refractivity contribution is 0.584. The third-order valence-electron chi connectivity index (χ3n) is 2.60. The van der Waals surface area contributed by atoms with Crippen molar-refractivity contribution in [2.45, 2.75) is 11.8 Å². The van der Waals surface area contributed by atoms with Gasteiger partial charge in [0.25, 0.3) is 10.0 Å². The summed E-state index contributed by atoms with van der Waals surface area (Å²) in [5.41, 5.74) is 1.40. The van der Waals surface area contributed by atoms with Crippen molar-refractivity contribution in [2.24, 2.45) is 5.10 Å². The van der Waals surface area contributed by atoms with Gasteiger partial charge in [0.15, 0.2) is 0 Å². The monoisotopic (exact) mass is 370 g/mol. The third-order valence-corrected chi connectivity index (χ3v) is 4.30. The summed E-state index contributed by atoms with van der Waals surface area (Å²) in [5, 5.41) is 3.64. The smallest absolute Gasteiger partial charge is 0.207 e. The highest BCUT2D eigenvalue weighted by Crippen LogP contribution is 2.14. The lowest BCUT2D eigenvalue weighted by Gasteiger charge is -2.03. The number of benzene rings is 2. The number of rotatable bonds is 4. The summed E-state index contributed by atoms with van der Waals surface area (Å²) in [6, 6.07) is 10.5. The third kappa shape index (κ3) is 4.37. The van der Waals surface area contributed by atoms with Gasteiger partial charge >= 0.3 is 0 Å². The van der Waals surface area contributed by atoms with Gasteiger partial charge in [0.1, 0.15) is 5.82 Å². The Labute approximate surface area is 130 Å². The van der Waals surface area contributed by atoms with Crippen LogP contribution in [0, 0.1) is 12.7 Å². The highest BCUT2D eigenvalue weighted by Gasteiger charge is 2.11. The van der Waals surface area contributed by atoms with E-state index in [2.05, 4.69) is 25.9 Å². The summed E-state index contributed by atoms with van der Waals surface area (Å²) in [6.45, 7) is 1.86. The molecule has 0 aliphatic carbocycles. The molecule has 0 spiro atoms. The highest BCUT2D eigenvalue weighted by molar-refractivity contribution is 9.10. The number of hydrogen-bond acceptors (Lipinski definition) is 3. The standard InChI is InChI=1S/C14H12BrFN2O2S/c1-10-2-4-14(5-3-10)21(19,20)18-17-9-11-6-12(15)8-13(16)7-11/h2-9,18H,1H3/b17-9+. The Morgan fingerprint density at radius 3 is 2.48 bits per heavy atom. The van der Waals surface area contributed by atoms with Crippen molar-refractivity contribution >= 4 is 32.2 Å². The van der Waals surface area contributed by atoms with Gasteiger partial charge in [-0.1, -0.05) is 33.6 Å². The van der Waals surface area contributed by atoms with Crippen molar-refractivity contribution in [1.82, 2.24) is 4.83 Å². The molecule has 0 atom stereocenters. The van der Waals surface area contributed by atoms with Gasteiger partial charge in [-0.3, -0.25) is 0 Å². The molecule has 7 heteroatoms. The second-order valence-corrected chi connectivity index (χ2v) is 6.95. The molecule has 0 amide bonds. The molecule has 0 aliphatic rings. The molecule has 0 fully saturated rings. The Morgan fingerprint density at radius 1 is 1.19 bits per heavy atom. The fourth-order valence-electron chi connectivity index (χ4n) is 1.59. The molecule has 1 N–H and O–H groups in total. The van der Waals surface area contributed by atoms with E-state index in [1.54, 1.807) is 18.2 Å². The second-order valence-electron chi connectivity index (χ2n) is 4.37. The van der Waals surface area contributed by atoms with Gasteiger partial charge in [-0.25, -0.2) is 9.22 Å². The molecule has 21 heavy (non-hydrogen) atoms. The van der Waals surface area contributed by atoms with Crippen LogP contribution in [0.3, 0.4) is 0 Å². The van der Waals surface area contributed by atoms with E-state index < -0.39 is 15.8 Å². The molecule has 0 unspecified atom stereocenters. The zero-order chi connectivity index (χ0) is 15.5. The first-order valence-electron chi connectivity index (χ1n) is 5.94. The topological polar surface area (TPSA) is 58.5 Å². The van der Waals surface area contributed by atoms with Gasteiger partial charge in [-0.05, 0) is 42.8 Å². The van der Waals surface area contributed by atoms with Crippen molar-refractivity contribution < 1.29 is 12.8 Å². The summed E-state index contributed by atoms with van der Waals surface area (Å²) < 4.78 is 37.6. The molecule has 0 aliphatic heterocycles. The Morgan fingerprint density at radius 2 is 1.86 bits per heavy atom. The summed E-state index contributed by atoms with van der Waals surface area (Å²) in [4.78, 5) is 2.20. The van der Waals surface area contributed by atoms with Gasteiger partial charge in [-0.2, -0.15) is 13.5 Å². The fourth-order valence-corrected chi connectivity index (χ4v) is 2.86. The van der Waals surface area contributed by atoms with Gasteiger partial charge in [0.05, 0.1) is 11.1 Å². The largest absolute Gasteiger partial charge is 0.276 e. The van der Waals surface area contributed by atoms with Crippen molar-refractivity contribution in [2.75, 3.05) is 0 Å². The summed E-state index contributed by atoms with van der Waals surface area (Å²) in [5.74, 6) is -0.438. The minimum Gasteiger partial charge on any atom is -0.207 e. The molecule has 0 saturated heterocycles. The predicted octanol–water partition coefficient (Wildman–Crippen LogP) is 3.21. The molecule has 2 aromatic rings. The highest BCUT2D eigenvalue weighted by atomic mass is 79.9. The Hall–Kier alpha value is -1.73. The van der Waals surface area contributed by atoms with Crippen LogP contribution in [0.2, 0.25) is 0 Å². The lowest BCUT2D eigenvalue weighted by Crippen LogP contribution is -2.18. The van der Waals surface area contributed by atoms with E-state index in [4.69, 9.17) is 0 Å². The van der Waals surface area contributed by atoms with Crippen molar-refractivity contribution in [1.29, 1.82) is 0 Å². The number of hydrazone groups is 1. The van der Waals surface area contributed by atoms with E-state index >= 15 is 0 Å². The number of aryl methyl sites for hydroxylation is 1. The van der Waals surface area contributed by atoms with E-state index in [-0.39, 0.29) is 4.90 Å². The lowest BCUT2D eigenvalue weighted by atomic mass is 10.2. The van der Waals surface area contributed by atoms with E-state index in [0.717, 1.165) is 5.56 Å². The number of halogens is 2. The van der Waals surface area contributed by atoms with Crippen LogP contribution in [0.1, 0.15) is 11.1 Å². The number of nitrogens with zero attached hydrogens (tertiary/aromatic N) is 1. The van der Waals surface area contributed by atoms with E-state index in [9.17, 15) is 12.8 Å². The Kier molecular flexibility index (Phi) is 4.74. The van der Waals surface area contributed by atoms with Crippen LogP contribution in [-0.2, 0) is 10.0 Å². The molecule has 0 saturated carbocycles. The van der Waals surface area contributed by atoms with Gasteiger partial charge in [0.2, 0.25) is 0 Å². The fraction of sp³-hybridized carbons (Fsp3) is 0.0714. The quantitative estimate of drug-likeness (QED) is 0.663. The molecule has 0 heterocycles. The first-order chi connectivity index (χ1) is 9.87. The van der Waals surface area contributed by atoms with Gasteiger partial charge in [-0.15, -0.1) is 0 Å². The molecule has 4 nitrogen and oxygen atoms in total. The van der Waals surface area contributed by atoms with Crippen molar-refractivity contribution in [3.8, 4) is 0 Å². The first kappa shape index (κ1) is 15.7. The van der Waals surface area contributed by atoms with Crippen LogP contribution < -0.4 is 4.83 Å². The van der Waals surface area contributed by atoms with Gasteiger partial charge < -0.3 is 0 Å². The molecule has 0 aromatic heterocycles. The molecular weight excluding hydrogens is 359 g/mol. The van der Waals surface area contributed by atoms with Gasteiger partial charge in [0, 0.05) is 4.47 Å². The van der Waals surface area contributed by atoms with Crippen LogP contribution in [0.15, 0.2) is 56.9 Å². The van der Waals surface area contributed by atoms with Crippen LogP contribution >= 0.6 is 15.9 Å². The molecule has 0 bridgehead atoms. The Bertz CT molecular complexity index is 754. The van der Waals surface area contributed by atoms with Crippen LogP contribution in [0.4, 0.5) is 4.39 Å². The predicted molar refractivity (Wildman–Crippen MR) is 83.2 cm³/mol. The molecule has 110 valence electrons. The molecule has 0 radical (unpaired) electrons.